The maximum Gasteiger partial charge on any atom is 0.270 e. The van der Waals surface area contributed by atoms with Crippen LogP contribution < -0.4 is 10.4 Å². The molecule has 3 aromatic rings. The van der Waals surface area contributed by atoms with Gasteiger partial charge < -0.3 is 0 Å². The summed E-state index contributed by atoms with van der Waals surface area (Å²) in [4.78, 5) is 13.0. The highest BCUT2D eigenvalue weighted by Gasteiger charge is 2.19. The molecule has 0 aliphatic heterocycles. The summed E-state index contributed by atoms with van der Waals surface area (Å²) < 4.78 is 0. The second-order valence-electron chi connectivity index (χ2n) is 9.74. The molecule has 0 fully saturated rings. The van der Waals surface area contributed by atoms with Gasteiger partial charge in [0.2, 0.25) is 0 Å². The molecular formula is C27H32N2O. The number of carbonyl (C=O) groups is 1. The van der Waals surface area contributed by atoms with Crippen molar-refractivity contribution in [1.29, 1.82) is 0 Å². The molecule has 0 bridgehead atoms. The SMILES string of the molecule is CC(C)(C)c1ccc(N(NC(=O)c2ccccc2)c2cccc(C(C)(C)C)c2)cc1. The number of hydrogen-bond acceptors (Lipinski definition) is 2. The van der Waals surface area contributed by atoms with E-state index in [2.05, 4.69) is 83.4 Å². The summed E-state index contributed by atoms with van der Waals surface area (Å²) in [5.74, 6) is -0.142. The van der Waals surface area contributed by atoms with Crippen LogP contribution >= 0.6 is 0 Å². The minimum Gasteiger partial charge on any atom is -0.267 e. The average Bonchev–Trinajstić information content (AvgIpc) is 2.71. The van der Waals surface area contributed by atoms with Crippen molar-refractivity contribution in [3.05, 3.63) is 95.6 Å². The Labute approximate surface area is 180 Å². The van der Waals surface area contributed by atoms with Gasteiger partial charge >= 0.3 is 0 Å². The molecule has 0 saturated heterocycles. The molecule has 0 aliphatic rings. The second kappa shape index (κ2) is 8.35. The number of carbonyl (C=O) groups excluding carboxylic acids is 1. The highest BCUT2D eigenvalue weighted by molar-refractivity contribution is 5.96. The molecule has 0 unspecified atom stereocenters. The van der Waals surface area contributed by atoms with E-state index in [-0.39, 0.29) is 16.7 Å². The zero-order valence-corrected chi connectivity index (χ0v) is 18.9. The van der Waals surface area contributed by atoms with E-state index in [0.29, 0.717) is 5.56 Å². The lowest BCUT2D eigenvalue weighted by Gasteiger charge is -2.28. The standard InChI is InChI=1S/C27H32N2O/c1-26(2,3)21-15-17-23(18-16-21)29(28-25(30)20-11-8-7-9-12-20)24-14-10-13-22(19-24)27(4,5)6/h7-19H,1-6H3,(H,28,30). The van der Waals surface area contributed by atoms with E-state index in [0.717, 1.165) is 11.4 Å². The van der Waals surface area contributed by atoms with Crippen LogP contribution in [-0.2, 0) is 10.8 Å². The predicted octanol–water partition coefficient (Wildman–Crippen LogP) is 6.76. The Balaban J connectivity index is 2.02. The Hall–Kier alpha value is -3.07. The lowest BCUT2D eigenvalue weighted by atomic mass is 9.86. The molecule has 30 heavy (non-hydrogen) atoms. The lowest BCUT2D eigenvalue weighted by Crippen LogP contribution is -2.39. The van der Waals surface area contributed by atoms with Gasteiger partial charge in [-0.15, -0.1) is 0 Å². The normalized spacial score (nSPS) is 11.8. The Kier molecular flexibility index (Phi) is 6.02. The van der Waals surface area contributed by atoms with Crippen molar-refractivity contribution in [3.63, 3.8) is 0 Å². The monoisotopic (exact) mass is 400 g/mol. The molecule has 1 amide bonds. The quantitative estimate of drug-likeness (QED) is 0.490. The largest absolute Gasteiger partial charge is 0.270 e. The predicted molar refractivity (Wildman–Crippen MR) is 126 cm³/mol. The molecule has 0 atom stereocenters. The minimum absolute atomic E-state index is 0.0151. The highest BCUT2D eigenvalue weighted by Crippen LogP contribution is 2.31. The van der Waals surface area contributed by atoms with Crippen molar-refractivity contribution in [2.24, 2.45) is 0 Å². The molecular weight excluding hydrogens is 368 g/mol. The number of nitrogens with zero attached hydrogens (tertiary/aromatic N) is 1. The zero-order chi connectivity index (χ0) is 21.9. The van der Waals surface area contributed by atoms with Crippen LogP contribution in [0, 0.1) is 0 Å². The van der Waals surface area contributed by atoms with Gasteiger partial charge in [0.05, 0.1) is 11.4 Å². The molecule has 3 nitrogen and oxygen atoms in total. The van der Waals surface area contributed by atoms with Crippen LogP contribution in [0.1, 0.15) is 63.0 Å². The van der Waals surface area contributed by atoms with Gasteiger partial charge in [-0.25, -0.2) is 0 Å². The van der Waals surface area contributed by atoms with Gasteiger partial charge in [-0.1, -0.05) is 84.0 Å². The number of amides is 1. The van der Waals surface area contributed by atoms with Crippen LogP contribution in [0.2, 0.25) is 0 Å². The van der Waals surface area contributed by atoms with Crippen molar-refractivity contribution in [1.82, 2.24) is 5.43 Å². The molecule has 3 rings (SSSR count). The molecule has 0 aromatic heterocycles. The summed E-state index contributed by atoms with van der Waals surface area (Å²) in [6.45, 7) is 13.2. The van der Waals surface area contributed by atoms with Gasteiger partial charge in [0.15, 0.2) is 0 Å². The Morgan fingerprint density at radius 2 is 1.27 bits per heavy atom. The topological polar surface area (TPSA) is 32.3 Å². The lowest BCUT2D eigenvalue weighted by molar-refractivity contribution is 0.0953. The summed E-state index contributed by atoms with van der Waals surface area (Å²) in [5.41, 5.74) is 8.12. The van der Waals surface area contributed by atoms with Crippen molar-refractivity contribution in [3.8, 4) is 0 Å². The summed E-state index contributed by atoms with van der Waals surface area (Å²) >= 11 is 0. The number of rotatable bonds is 4. The van der Waals surface area contributed by atoms with Gasteiger partial charge in [0.1, 0.15) is 0 Å². The summed E-state index contributed by atoms with van der Waals surface area (Å²) in [6, 6.07) is 26.0. The fourth-order valence-electron chi connectivity index (χ4n) is 3.26. The zero-order valence-electron chi connectivity index (χ0n) is 18.9. The molecule has 1 N–H and O–H groups in total. The Bertz CT molecular complexity index is 994. The van der Waals surface area contributed by atoms with E-state index < -0.39 is 0 Å². The van der Waals surface area contributed by atoms with Crippen molar-refractivity contribution in [2.45, 2.75) is 52.4 Å². The van der Waals surface area contributed by atoms with Crippen molar-refractivity contribution < 1.29 is 4.79 Å². The third-order valence-corrected chi connectivity index (χ3v) is 5.21. The number of benzene rings is 3. The molecule has 3 heteroatoms. The van der Waals surface area contributed by atoms with Gasteiger partial charge in [-0.2, -0.15) is 0 Å². The molecule has 0 saturated carbocycles. The van der Waals surface area contributed by atoms with E-state index in [9.17, 15) is 4.79 Å². The van der Waals surface area contributed by atoms with Crippen LogP contribution in [0.15, 0.2) is 78.9 Å². The van der Waals surface area contributed by atoms with E-state index in [4.69, 9.17) is 0 Å². The second-order valence-corrected chi connectivity index (χ2v) is 9.74. The highest BCUT2D eigenvalue weighted by atomic mass is 16.2. The van der Waals surface area contributed by atoms with Crippen LogP contribution in [-0.4, -0.2) is 5.91 Å². The summed E-state index contributed by atoms with van der Waals surface area (Å²) in [6.07, 6.45) is 0. The molecule has 0 heterocycles. The van der Waals surface area contributed by atoms with Crippen molar-refractivity contribution >= 4 is 17.3 Å². The first kappa shape index (κ1) is 21.6. The molecule has 3 aromatic carbocycles. The van der Waals surface area contributed by atoms with Gasteiger partial charge in [-0.05, 0) is 58.4 Å². The molecule has 156 valence electrons. The van der Waals surface area contributed by atoms with E-state index in [1.165, 1.54) is 11.1 Å². The van der Waals surface area contributed by atoms with Gasteiger partial charge in [0.25, 0.3) is 5.91 Å². The Morgan fingerprint density at radius 1 is 0.667 bits per heavy atom. The maximum atomic E-state index is 13.0. The van der Waals surface area contributed by atoms with Crippen LogP contribution in [0.4, 0.5) is 11.4 Å². The van der Waals surface area contributed by atoms with E-state index >= 15 is 0 Å². The molecule has 0 aliphatic carbocycles. The fraction of sp³-hybridized carbons (Fsp3) is 0.296. The number of anilines is 2. The third-order valence-electron chi connectivity index (χ3n) is 5.21. The smallest absolute Gasteiger partial charge is 0.267 e. The Morgan fingerprint density at radius 3 is 1.83 bits per heavy atom. The average molecular weight is 401 g/mol. The first-order chi connectivity index (χ1) is 14.1. The number of hydrazine groups is 1. The van der Waals surface area contributed by atoms with Crippen LogP contribution in [0.25, 0.3) is 0 Å². The van der Waals surface area contributed by atoms with Gasteiger partial charge in [0, 0.05) is 5.56 Å². The third kappa shape index (κ3) is 5.10. The van der Waals surface area contributed by atoms with E-state index in [1.807, 2.05) is 47.5 Å². The first-order valence-corrected chi connectivity index (χ1v) is 10.4. The fourth-order valence-corrected chi connectivity index (χ4v) is 3.26. The molecule has 0 radical (unpaired) electrons. The summed E-state index contributed by atoms with van der Waals surface area (Å²) in [5, 5.41) is 1.87. The van der Waals surface area contributed by atoms with Crippen LogP contribution in [0.5, 0.6) is 0 Å². The first-order valence-electron chi connectivity index (χ1n) is 10.4. The maximum absolute atomic E-state index is 13.0. The summed E-state index contributed by atoms with van der Waals surface area (Å²) in [7, 11) is 0. The minimum atomic E-state index is -0.142. The molecule has 0 spiro atoms. The van der Waals surface area contributed by atoms with E-state index in [1.54, 1.807) is 0 Å². The number of nitrogens with one attached hydrogen (secondary N) is 1. The number of hydrogen-bond donors (Lipinski definition) is 1. The van der Waals surface area contributed by atoms with Gasteiger partial charge in [-0.3, -0.25) is 15.2 Å². The van der Waals surface area contributed by atoms with Crippen LogP contribution in [0.3, 0.4) is 0 Å². The van der Waals surface area contributed by atoms with Crippen molar-refractivity contribution in [2.75, 3.05) is 5.01 Å².